The van der Waals surface area contributed by atoms with Gasteiger partial charge in [-0.3, -0.25) is 9.59 Å². The van der Waals surface area contributed by atoms with E-state index in [1.165, 1.54) is 16.7 Å². The minimum absolute atomic E-state index is 0.199. The number of rotatable bonds is 9. The Balaban J connectivity index is 1.52. The van der Waals surface area contributed by atoms with Gasteiger partial charge in [0.15, 0.2) is 6.10 Å². The van der Waals surface area contributed by atoms with Crippen LogP contribution in [-0.4, -0.2) is 56.7 Å². The molecule has 1 saturated heterocycles. The van der Waals surface area contributed by atoms with Crippen LogP contribution < -0.4 is 16.0 Å². The number of aryl methyl sites for hydroxylation is 1. The molecule has 3 atom stereocenters. The molecule has 1 aliphatic rings. The standard InChI is InChI=1S/C32H37ClN4O4S/c1-20-11-8-9-14-23(20)18-34-29(39)28-32(3,4)42-19-37(28)30(40)27(38)26(17-22-12-6-5-7-13-22)36-31(41)35-25-16-10-15-24(33)21(25)2/h5-16,26-28,38H,17-19H2,1-4H3,(H,34,39)(H2,35,36,41). The Morgan fingerprint density at radius 1 is 1.02 bits per heavy atom. The highest BCUT2D eigenvalue weighted by Gasteiger charge is 2.49. The molecule has 1 aliphatic heterocycles. The lowest BCUT2D eigenvalue weighted by atomic mass is 9.97. The monoisotopic (exact) mass is 608 g/mol. The van der Waals surface area contributed by atoms with E-state index in [2.05, 4.69) is 16.0 Å². The number of anilines is 1. The first-order valence-corrected chi connectivity index (χ1v) is 15.2. The number of halogens is 1. The topological polar surface area (TPSA) is 111 Å². The highest BCUT2D eigenvalue weighted by atomic mass is 35.5. The molecular weight excluding hydrogens is 572 g/mol. The second-order valence-corrected chi connectivity index (χ2v) is 13.0. The van der Waals surface area contributed by atoms with Crippen LogP contribution in [0.25, 0.3) is 0 Å². The number of amides is 4. The average Bonchev–Trinajstić information content (AvgIpc) is 3.29. The van der Waals surface area contributed by atoms with Gasteiger partial charge in [-0.2, -0.15) is 0 Å². The third kappa shape index (κ3) is 7.45. The number of hydrogen-bond acceptors (Lipinski definition) is 5. The Kier molecular flexibility index (Phi) is 10.2. The number of aliphatic hydroxyl groups is 1. The molecule has 0 aromatic heterocycles. The molecule has 4 N–H and O–H groups in total. The van der Waals surface area contributed by atoms with Crippen molar-refractivity contribution >= 4 is 46.9 Å². The zero-order valence-electron chi connectivity index (χ0n) is 24.2. The lowest BCUT2D eigenvalue weighted by Crippen LogP contribution is -2.59. The van der Waals surface area contributed by atoms with E-state index in [1.54, 1.807) is 25.1 Å². The van der Waals surface area contributed by atoms with E-state index in [0.717, 1.165) is 16.7 Å². The molecular formula is C32H37ClN4O4S. The Hall–Kier alpha value is -3.53. The van der Waals surface area contributed by atoms with Gasteiger partial charge in [-0.25, -0.2) is 4.79 Å². The number of nitrogens with zero attached hydrogens (tertiary/aromatic N) is 1. The van der Waals surface area contributed by atoms with Crippen LogP contribution in [0.5, 0.6) is 0 Å². The first-order valence-electron chi connectivity index (χ1n) is 13.8. The van der Waals surface area contributed by atoms with Crippen molar-refractivity contribution in [2.75, 3.05) is 11.2 Å². The molecule has 222 valence electrons. The van der Waals surface area contributed by atoms with Crippen LogP contribution in [0.15, 0.2) is 72.8 Å². The molecule has 3 unspecified atom stereocenters. The van der Waals surface area contributed by atoms with Crippen molar-refractivity contribution in [3.63, 3.8) is 0 Å². The number of aliphatic hydroxyl groups excluding tert-OH is 1. The van der Waals surface area contributed by atoms with Crippen molar-refractivity contribution in [3.05, 3.63) is 100 Å². The summed E-state index contributed by atoms with van der Waals surface area (Å²) in [6, 6.07) is 19.9. The van der Waals surface area contributed by atoms with E-state index in [9.17, 15) is 19.5 Å². The van der Waals surface area contributed by atoms with Gasteiger partial charge in [0.25, 0.3) is 5.91 Å². The van der Waals surface area contributed by atoms with Crippen LogP contribution in [0.3, 0.4) is 0 Å². The van der Waals surface area contributed by atoms with E-state index >= 15 is 0 Å². The summed E-state index contributed by atoms with van der Waals surface area (Å²) in [5.74, 6) is -0.683. The molecule has 0 radical (unpaired) electrons. The van der Waals surface area contributed by atoms with Gasteiger partial charge < -0.3 is 26.0 Å². The van der Waals surface area contributed by atoms with Gasteiger partial charge in [0.1, 0.15) is 6.04 Å². The fourth-order valence-corrected chi connectivity index (χ4v) is 6.34. The SMILES string of the molecule is Cc1ccccc1CNC(=O)C1N(C(=O)C(O)C(Cc2ccccc2)NC(=O)Nc2cccc(Cl)c2C)CSC1(C)C. The molecule has 3 aromatic carbocycles. The maximum absolute atomic E-state index is 13.8. The van der Waals surface area contributed by atoms with Gasteiger partial charge in [-0.15, -0.1) is 11.8 Å². The van der Waals surface area contributed by atoms with Crippen LogP contribution in [0.4, 0.5) is 10.5 Å². The van der Waals surface area contributed by atoms with Crippen molar-refractivity contribution in [1.29, 1.82) is 0 Å². The summed E-state index contributed by atoms with van der Waals surface area (Å²) in [5, 5.41) is 20.5. The summed E-state index contributed by atoms with van der Waals surface area (Å²) in [7, 11) is 0. The maximum Gasteiger partial charge on any atom is 0.319 e. The summed E-state index contributed by atoms with van der Waals surface area (Å²) in [6.07, 6.45) is -1.40. The lowest BCUT2D eigenvalue weighted by Gasteiger charge is -2.33. The first kappa shape index (κ1) is 31.4. The predicted octanol–water partition coefficient (Wildman–Crippen LogP) is 5.05. The molecule has 0 aliphatic carbocycles. The molecule has 0 saturated carbocycles. The van der Waals surface area contributed by atoms with Gasteiger partial charge in [0.05, 0.1) is 11.9 Å². The molecule has 4 rings (SSSR count). The lowest BCUT2D eigenvalue weighted by molar-refractivity contribution is -0.147. The zero-order valence-corrected chi connectivity index (χ0v) is 25.8. The predicted molar refractivity (Wildman–Crippen MR) is 168 cm³/mol. The second kappa shape index (κ2) is 13.6. The summed E-state index contributed by atoms with van der Waals surface area (Å²) in [4.78, 5) is 41.8. The van der Waals surface area contributed by atoms with Crippen molar-refractivity contribution in [2.24, 2.45) is 0 Å². The molecule has 10 heteroatoms. The molecule has 4 amide bonds. The molecule has 0 bridgehead atoms. The Morgan fingerprint density at radius 3 is 2.43 bits per heavy atom. The number of nitrogens with one attached hydrogen (secondary N) is 3. The maximum atomic E-state index is 13.8. The van der Waals surface area contributed by atoms with Crippen LogP contribution in [0, 0.1) is 13.8 Å². The average molecular weight is 609 g/mol. The minimum Gasteiger partial charge on any atom is -0.381 e. The highest BCUT2D eigenvalue weighted by Crippen LogP contribution is 2.40. The largest absolute Gasteiger partial charge is 0.381 e. The van der Waals surface area contributed by atoms with Gasteiger partial charge in [0.2, 0.25) is 5.91 Å². The third-order valence-electron chi connectivity index (χ3n) is 7.56. The third-order valence-corrected chi connectivity index (χ3v) is 9.34. The highest BCUT2D eigenvalue weighted by molar-refractivity contribution is 8.00. The van der Waals surface area contributed by atoms with Crippen molar-refractivity contribution in [2.45, 2.75) is 63.6 Å². The fraction of sp³-hybridized carbons (Fsp3) is 0.344. The van der Waals surface area contributed by atoms with E-state index < -0.39 is 34.9 Å². The summed E-state index contributed by atoms with van der Waals surface area (Å²) in [6.45, 7) is 7.92. The Bertz CT molecular complexity index is 1440. The van der Waals surface area contributed by atoms with Crippen LogP contribution in [0.2, 0.25) is 5.02 Å². The number of thioether (sulfide) groups is 1. The summed E-state index contributed by atoms with van der Waals surface area (Å²) >= 11 is 7.68. The van der Waals surface area contributed by atoms with E-state index in [-0.39, 0.29) is 18.2 Å². The number of hydrogen-bond donors (Lipinski definition) is 4. The van der Waals surface area contributed by atoms with E-state index in [0.29, 0.717) is 22.8 Å². The molecule has 42 heavy (non-hydrogen) atoms. The van der Waals surface area contributed by atoms with Gasteiger partial charge >= 0.3 is 6.03 Å². The Morgan fingerprint density at radius 2 is 1.71 bits per heavy atom. The molecule has 1 fully saturated rings. The van der Waals surface area contributed by atoms with Crippen LogP contribution in [0.1, 0.15) is 36.1 Å². The second-order valence-electron chi connectivity index (χ2n) is 11.0. The zero-order chi connectivity index (χ0) is 30.4. The molecule has 3 aromatic rings. The normalized spacial score (nSPS) is 17.3. The fourth-order valence-electron chi connectivity index (χ4n) is 5.02. The smallest absolute Gasteiger partial charge is 0.319 e. The van der Waals surface area contributed by atoms with Gasteiger partial charge in [-0.05, 0) is 68.5 Å². The van der Waals surface area contributed by atoms with Crippen molar-refractivity contribution in [3.8, 4) is 0 Å². The van der Waals surface area contributed by atoms with E-state index in [4.69, 9.17) is 11.6 Å². The quantitative estimate of drug-likeness (QED) is 0.272. The minimum atomic E-state index is -1.60. The Labute approximate surface area is 256 Å². The van der Waals surface area contributed by atoms with E-state index in [1.807, 2.05) is 75.4 Å². The molecule has 1 heterocycles. The van der Waals surface area contributed by atoms with Gasteiger partial charge in [-0.1, -0.05) is 72.3 Å². The van der Waals surface area contributed by atoms with Crippen LogP contribution in [-0.2, 0) is 22.6 Å². The number of carbonyl (C=O) groups excluding carboxylic acids is 3. The summed E-state index contributed by atoms with van der Waals surface area (Å²) in [5.41, 5.74) is 4.09. The van der Waals surface area contributed by atoms with Crippen molar-refractivity contribution in [1.82, 2.24) is 15.5 Å². The van der Waals surface area contributed by atoms with Gasteiger partial charge in [0, 0.05) is 22.0 Å². The van der Waals surface area contributed by atoms with Crippen LogP contribution >= 0.6 is 23.4 Å². The molecule has 0 spiro atoms. The number of benzene rings is 3. The number of urea groups is 1. The summed E-state index contributed by atoms with van der Waals surface area (Å²) < 4.78 is -0.588. The van der Waals surface area contributed by atoms with Crippen molar-refractivity contribution < 1.29 is 19.5 Å². The molecule has 8 nitrogen and oxygen atoms in total. The first-order chi connectivity index (χ1) is 20.0. The number of carbonyl (C=O) groups is 3.